The Hall–Kier alpha value is -0.190. The van der Waals surface area contributed by atoms with Crippen LogP contribution in [0.5, 0.6) is 0 Å². The standard InChI is InChI=1S/C13H8Br3F/c14-13(15,16)11-7-3-1-5-9(11)10-6-2-4-8-12(10)17/h1-8H. The van der Waals surface area contributed by atoms with Gasteiger partial charge in [-0.1, -0.05) is 90.3 Å². The van der Waals surface area contributed by atoms with Crippen molar-refractivity contribution in [1.29, 1.82) is 0 Å². The van der Waals surface area contributed by atoms with Crippen molar-refractivity contribution in [3.63, 3.8) is 0 Å². The van der Waals surface area contributed by atoms with Crippen LogP contribution in [-0.2, 0) is 2.14 Å². The molecular formula is C13H8Br3F. The van der Waals surface area contributed by atoms with Gasteiger partial charge in [0.05, 0.1) is 0 Å². The van der Waals surface area contributed by atoms with Gasteiger partial charge in [0.2, 0.25) is 0 Å². The molecule has 0 fully saturated rings. The minimum Gasteiger partial charge on any atom is -0.206 e. The van der Waals surface area contributed by atoms with E-state index in [0.717, 1.165) is 11.1 Å². The van der Waals surface area contributed by atoms with Crippen LogP contribution >= 0.6 is 47.8 Å². The van der Waals surface area contributed by atoms with E-state index < -0.39 is 2.14 Å². The molecule has 0 aromatic heterocycles. The maximum Gasteiger partial charge on any atom is 0.160 e. The molecule has 0 aliphatic carbocycles. The van der Waals surface area contributed by atoms with Crippen LogP contribution in [0.4, 0.5) is 4.39 Å². The number of benzene rings is 2. The Bertz CT molecular complexity index is 532. The third-order valence-electron chi connectivity index (χ3n) is 2.40. The summed E-state index contributed by atoms with van der Waals surface area (Å²) in [7, 11) is 0. The van der Waals surface area contributed by atoms with Crippen LogP contribution in [0, 0.1) is 5.82 Å². The van der Waals surface area contributed by atoms with Gasteiger partial charge >= 0.3 is 0 Å². The molecule has 2 aromatic carbocycles. The molecule has 0 spiro atoms. The molecule has 0 unspecified atom stereocenters. The second-order valence-corrected chi connectivity index (χ2v) is 10.3. The van der Waals surface area contributed by atoms with Crippen molar-refractivity contribution >= 4 is 47.8 Å². The lowest BCUT2D eigenvalue weighted by Crippen LogP contribution is -2.01. The van der Waals surface area contributed by atoms with E-state index in [2.05, 4.69) is 47.8 Å². The lowest BCUT2D eigenvalue weighted by Gasteiger charge is -2.17. The summed E-state index contributed by atoms with van der Waals surface area (Å²) >= 11 is 10.4. The first-order chi connectivity index (χ1) is 8.00. The summed E-state index contributed by atoms with van der Waals surface area (Å²) in [5.74, 6) is -0.225. The number of rotatable bonds is 1. The Morgan fingerprint density at radius 1 is 0.765 bits per heavy atom. The summed E-state index contributed by atoms with van der Waals surface area (Å²) in [6.07, 6.45) is 0. The lowest BCUT2D eigenvalue weighted by molar-refractivity contribution is 0.631. The molecule has 17 heavy (non-hydrogen) atoms. The first-order valence-corrected chi connectivity index (χ1v) is 7.29. The SMILES string of the molecule is Fc1ccccc1-c1ccccc1C(Br)(Br)Br. The smallest absolute Gasteiger partial charge is 0.160 e. The fraction of sp³-hybridized carbons (Fsp3) is 0.0769. The van der Waals surface area contributed by atoms with Crippen LogP contribution in [0.2, 0.25) is 0 Å². The van der Waals surface area contributed by atoms with Gasteiger partial charge in [0.25, 0.3) is 0 Å². The number of hydrogen-bond donors (Lipinski definition) is 0. The second-order valence-electron chi connectivity index (χ2n) is 3.52. The van der Waals surface area contributed by atoms with E-state index >= 15 is 0 Å². The Labute approximate surface area is 125 Å². The van der Waals surface area contributed by atoms with Gasteiger partial charge in [0, 0.05) is 5.56 Å². The summed E-state index contributed by atoms with van der Waals surface area (Å²) in [4.78, 5) is 0. The van der Waals surface area contributed by atoms with E-state index in [4.69, 9.17) is 0 Å². The molecule has 0 saturated heterocycles. The maximum absolute atomic E-state index is 13.8. The average Bonchev–Trinajstić information content (AvgIpc) is 2.28. The Kier molecular flexibility index (Phi) is 4.06. The summed E-state index contributed by atoms with van der Waals surface area (Å²) in [5.41, 5.74) is 2.35. The van der Waals surface area contributed by atoms with Gasteiger partial charge in [-0.05, 0) is 17.2 Å². The molecule has 0 atom stereocenters. The van der Waals surface area contributed by atoms with Gasteiger partial charge in [-0.25, -0.2) is 4.39 Å². The quantitative estimate of drug-likeness (QED) is 0.510. The molecule has 0 N–H and O–H groups in total. The third-order valence-corrected chi connectivity index (χ3v) is 3.68. The number of halogens is 4. The highest BCUT2D eigenvalue weighted by atomic mass is 80.0. The molecule has 0 radical (unpaired) electrons. The molecule has 0 nitrogen and oxygen atoms in total. The van der Waals surface area contributed by atoms with Crippen molar-refractivity contribution in [2.75, 3.05) is 0 Å². The summed E-state index contributed by atoms with van der Waals surface area (Å²) in [6.45, 7) is 0. The minimum absolute atomic E-state index is 0.225. The van der Waals surface area contributed by atoms with Gasteiger partial charge in [-0.3, -0.25) is 0 Å². The van der Waals surface area contributed by atoms with Gasteiger partial charge in [-0.2, -0.15) is 0 Å². The van der Waals surface area contributed by atoms with Crippen molar-refractivity contribution in [3.05, 3.63) is 59.9 Å². The molecule has 88 valence electrons. The highest BCUT2D eigenvalue weighted by Crippen LogP contribution is 2.48. The van der Waals surface area contributed by atoms with Gasteiger partial charge in [0.1, 0.15) is 5.82 Å². The molecule has 0 bridgehead atoms. The molecular weight excluding hydrogens is 415 g/mol. The molecule has 0 heterocycles. The second kappa shape index (κ2) is 5.21. The Balaban J connectivity index is 2.65. The predicted octanol–water partition coefficient (Wildman–Crippen LogP) is 5.79. The van der Waals surface area contributed by atoms with Crippen LogP contribution in [0.3, 0.4) is 0 Å². The van der Waals surface area contributed by atoms with E-state index in [0.29, 0.717) is 5.56 Å². The summed E-state index contributed by atoms with van der Waals surface area (Å²) in [5, 5.41) is 0. The zero-order valence-corrected chi connectivity index (χ0v) is 13.4. The van der Waals surface area contributed by atoms with Crippen molar-refractivity contribution in [1.82, 2.24) is 0 Å². The van der Waals surface area contributed by atoms with E-state index in [1.807, 2.05) is 30.3 Å². The average molecular weight is 423 g/mol. The summed E-state index contributed by atoms with van der Waals surface area (Å²) in [6, 6.07) is 14.4. The van der Waals surface area contributed by atoms with E-state index in [-0.39, 0.29) is 5.82 Å². The van der Waals surface area contributed by atoms with Gasteiger partial charge in [0.15, 0.2) is 2.14 Å². The molecule has 4 heteroatoms. The van der Waals surface area contributed by atoms with Crippen LogP contribution in [0.1, 0.15) is 5.56 Å². The first-order valence-electron chi connectivity index (χ1n) is 4.91. The fourth-order valence-corrected chi connectivity index (χ4v) is 2.68. The lowest BCUT2D eigenvalue weighted by atomic mass is 10.0. The Morgan fingerprint density at radius 2 is 1.29 bits per heavy atom. The zero-order valence-electron chi connectivity index (χ0n) is 8.63. The highest BCUT2D eigenvalue weighted by Gasteiger charge is 2.25. The largest absolute Gasteiger partial charge is 0.206 e. The zero-order chi connectivity index (χ0) is 12.5. The first kappa shape index (κ1) is 13.2. The molecule has 2 aromatic rings. The summed E-state index contributed by atoms with van der Waals surface area (Å²) < 4.78 is 13.2. The monoisotopic (exact) mass is 420 g/mol. The molecule has 2 rings (SSSR count). The number of alkyl halides is 3. The number of hydrogen-bond acceptors (Lipinski definition) is 0. The van der Waals surface area contributed by atoms with Crippen molar-refractivity contribution in [3.8, 4) is 11.1 Å². The van der Waals surface area contributed by atoms with Gasteiger partial charge < -0.3 is 0 Å². The molecule has 0 saturated carbocycles. The fourth-order valence-electron chi connectivity index (χ4n) is 1.64. The topological polar surface area (TPSA) is 0 Å². The van der Waals surface area contributed by atoms with Crippen LogP contribution in [0.15, 0.2) is 48.5 Å². The maximum atomic E-state index is 13.8. The normalized spacial score (nSPS) is 11.5. The molecule has 0 aliphatic heterocycles. The van der Waals surface area contributed by atoms with E-state index in [1.54, 1.807) is 12.1 Å². The van der Waals surface area contributed by atoms with Crippen molar-refractivity contribution in [2.24, 2.45) is 0 Å². The van der Waals surface area contributed by atoms with E-state index in [9.17, 15) is 4.39 Å². The molecule has 0 amide bonds. The van der Waals surface area contributed by atoms with Crippen molar-refractivity contribution in [2.45, 2.75) is 2.14 Å². The minimum atomic E-state index is -0.550. The highest BCUT2D eigenvalue weighted by molar-refractivity contribution is 9.38. The predicted molar refractivity (Wildman–Crippen MR) is 80.3 cm³/mol. The van der Waals surface area contributed by atoms with Crippen LogP contribution in [0.25, 0.3) is 11.1 Å². The van der Waals surface area contributed by atoms with Crippen LogP contribution in [-0.4, -0.2) is 0 Å². The third kappa shape index (κ3) is 2.98. The van der Waals surface area contributed by atoms with Crippen LogP contribution < -0.4 is 0 Å². The van der Waals surface area contributed by atoms with E-state index in [1.165, 1.54) is 6.07 Å². The van der Waals surface area contributed by atoms with Gasteiger partial charge in [-0.15, -0.1) is 0 Å². The molecule has 0 aliphatic rings. The van der Waals surface area contributed by atoms with Crippen molar-refractivity contribution < 1.29 is 4.39 Å². The Morgan fingerprint density at radius 3 is 1.88 bits per heavy atom.